The molecule has 17 heavy (non-hydrogen) atoms. The van der Waals surface area contributed by atoms with Crippen molar-refractivity contribution in [2.75, 3.05) is 12.4 Å². The van der Waals surface area contributed by atoms with Crippen LogP contribution >= 0.6 is 15.9 Å². The summed E-state index contributed by atoms with van der Waals surface area (Å²) in [5.41, 5.74) is 2.47. The van der Waals surface area contributed by atoms with Gasteiger partial charge in [0.25, 0.3) is 0 Å². The quantitative estimate of drug-likeness (QED) is 0.861. The fourth-order valence-corrected chi connectivity index (χ4v) is 1.98. The third kappa shape index (κ3) is 3.46. The molecule has 0 aliphatic carbocycles. The molecule has 0 aliphatic rings. The summed E-state index contributed by atoms with van der Waals surface area (Å²) in [5.74, 6) is -0.309. The maximum atomic E-state index is 11.6. The van der Waals surface area contributed by atoms with Crippen molar-refractivity contribution in [2.45, 2.75) is 33.2 Å². The van der Waals surface area contributed by atoms with E-state index in [1.54, 1.807) is 6.07 Å². The van der Waals surface area contributed by atoms with Gasteiger partial charge in [-0.05, 0) is 38.0 Å². The van der Waals surface area contributed by atoms with E-state index < -0.39 is 0 Å². The van der Waals surface area contributed by atoms with E-state index >= 15 is 0 Å². The molecular weight excluding hydrogens is 282 g/mol. The molecule has 0 amide bonds. The number of hydrogen-bond donors (Lipinski definition) is 1. The maximum Gasteiger partial charge on any atom is 0.338 e. The first kappa shape index (κ1) is 14.0. The number of anilines is 1. The molecule has 0 aromatic heterocycles. The number of hydrogen-bond acceptors (Lipinski definition) is 3. The molecule has 1 N–H and O–H groups in total. The van der Waals surface area contributed by atoms with Crippen molar-refractivity contribution < 1.29 is 9.53 Å². The highest BCUT2D eigenvalue weighted by Crippen LogP contribution is 2.26. The van der Waals surface area contributed by atoms with Crippen LogP contribution < -0.4 is 5.32 Å². The Balaban J connectivity index is 3.14. The first-order valence-electron chi connectivity index (χ1n) is 5.64. The Kier molecular flexibility index (Phi) is 5.00. The van der Waals surface area contributed by atoms with Gasteiger partial charge in [-0.1, -0.05) is 22.9 Å². The van der Waals surface area contributed by atoms with Crippen LogP contribution in [0.25, 0.3) is 0 Å². The van der Waals surface area contributed by atoms with Gasteiger partial charge in [0, 0.05) is 16.2 Å². The summed E-state index contributed by atoms with van der Waals surface area (Å²) in [7, 11) is 1.39. The van der Waals surface area contributed by atoms with E-state index in [2.05, 4.69) is 35.1 Å². The molecule has 0 spiro atoms. The first-order valence-corrected chi connectivity index (χ1v) is 6.43. The van der Waals surface area contributed by atoms with Crippen molar-refractivity contribution in [3.05, 3.63) is 27.7 Å². The Labute approximate surface area is 111 Å². The molecule has 0 radical (unpaired) electrons. The smallest absolute Gasteiger partial charge is 0.338 e. The van der Waals surface area contributed by atoms with E-state index in [4.69, 9.17) is 4.74 Å². The predicted octanol–water partition coefficient (Wildman–Crippen LogP) is 3.75. The number of benzene rings is 1. The molecule has 0 aliphatic heterocycles. The largest absolute Gasteiger partial charge is 0.465 e. The van der Waals surface area contributed by atoms with Crippen LogP contribution in [0.4, 0.5) is 5.69 Å². The lowest BCUT2D eigenvalue weighted by Gasteiger charge is -2.17. The molecule has 94 valence electrons. The van der Waals surface area contributed by atoms with Crippen molar-refractivity contribution in [1.29, 1.82) is 0 Å². The molecule has 0 heterocycles. The summed E-state index contributed by atoms with van der Waals surface area (Å²) in [5, 5.41) is 3.38. The highest BCUT2D eigenvalue weighted by Gasteiger charge is 2.14. The molecule has 1 atom stereocenters. The summed E-state index contributed by atoms with van der Waals surface area (Å²) < 4.78 is 5.64. The summed E-state index contributed by atoms with van der Waals surface area (Å²) in [4.78, 5) is 11.6. The summed E-state index contributed by atoms with van der Waals surface area (Å²) in [6, 6.07) is 4.13. The van der Waals surface area contributed by atoms with Crippen LogP contribution in [-0.2, 0) is 4.74 Å². The lowest BCUT2D eigenvalue weighted by Crippen LogP contribution is -2.15. The first-order chi connectivity index (χ1) is 7.99. The summed E-state index contributed by atoms with van der Waals surface area (Å²) in [6.45, 7) is 6.15. The Morgan fingerprint density at radius 1 is 1.53 bits per heavy atom. The third-order valence-corrected chi connectivity index (χ3v) is 3.25. The number of esters is 1. The topological polar surface area (TPSA) is 38.3 Å². The molecule has 1 unspecified atom stereocenters. The van der Waals surface area contributed by atoms with Crippen molar-refractivity contribution >= 4 is 27.6 Å². The van der Waals surface area contributed by atoms with E-state index in [0.717, 1.165) is 22.1 Å². The monoisotopic (exact) mass is 299 g/mol. The zero-order chi connectivity index (χ0) is 13.0. The van der Waals surface area contributed by atoms with E-state index in [1.807, 2.05) is 13.0 Å². The van der Waals surface area contributed by atoms with Gasteiger partial charge in [-0.25, -0.2) is 4.79 Å². The normalized spacial score (nSPS) is 12.1. The van der Waals surface area contributed by atoms with Crippen molar-refractivity contribution in [2.24, 2.45) is 0 Å². The molecule has 0 fully saturated rings. The van der Waals surface area contributed by atoms with Crippen LogP contribution in [-0.4, -0.2) is 19.1 Å². The lowest BCUT2D eigenvalue weighted by molar-refractivity contribution is 0.0600. The highest BCUT2D eigenvalue weighted by molar-refractivity contribution is 9.10. The van der Waals surface area contributed by atoms with Gasteiger partial charge in [0.05, 0.1) is 12.7 Å². The summed E-state index contributed by atoms with van der Waals surface area (Å²) in [6.07, 6.45) is 1.03. The second-order valence-corrected chi connectivity index (χ2v) is 4.99. The zero-order valence-electron chi connectivity index (χ0n) is 10.6. The van der Waals surface area contributed by atoms with Crippen LogP contribution in [0.15, 0.2) is 16.6 Å². The fraction of sp³-hybridized carbons (Fsp3) is 0.462. The van der Waals surface area contributed by atoms with Gasteiger partial charge in [0.2, 0.25) is 0 Å². The van der Waals surface area contributed by atoms with Crippen LogP contribution in [0.3, 0.4) is 0 Å². The molecular formula is C13H18BrNO2. The van der Waals surface area contributed by atoms with Crippen molar-refractivity contribution in [1.82, 2.24) is 0 Å². The fourth-order valence-electron chi connectivity index (χ4n) is 1.52. The van der Waals surface area contributed by atoms with Crippen LogP contribution in [0.5, 0.6) is 0 Å². The van der Waals surface area contributed by atoms with Gasteiger partial charge < -0.3 is 10.1 Å². The molecule has 1 rings (SSSR count). The standard InChI is InChI=1S/C13H18BrNO2/c1-5-8(2)15-12-7-10(14)6-11(9(12)3)13(16)17-4/h6-8,15H,5H2,1-4H3. The van der Waals surface area contributed by atoms with Gasteiger partial charge in [0.1, 0.15) is 0 Å². The third-order valence-electron chi connectivity index (χ3n) is 2.79. The van der Waals surface area contributed by atoms with E-state index in [-0.39, 0.29) is 5.97 Å². The Morgan fingerprint density at radius 3 is 2.71 bits per heavy atom. The van der Waals surface area contributed by atoms with E-state index in [0.29, 0.717) is 11.6 Å². The van der Waals surface area contributed by atoms with Crippen molar-refractivity contribution in [3.8, 4) is 0 Å². The van der Waals surface area contributed by atoms with Crippen LogP contribution in [0.1, 0.15) is 36.2 Å². The molecule has 1 aromatic carbocycles. The predicted molar refractivity (Wildman–Crippen MR) is 73.6 cm³/mol. The maximum absolute atomic E-state index is 11.6. The van der Waals surface area contributed by atoms with Gasteiger partial charge in [0.15, 0.2) is 0 Å². The average Bonchev–Trinajstić information content (AvgIpc) is 2.32. The SMILES string of the molecule is CCC(C)Nc1cc(Br)cc(C(=O)OC)c1C. The minimum atomic E-state index is -0.309. The molecule has 3 nitrogen and oxygen atoms in total. The minimum absolute atomic E-state index is 0.309. The van der Waals surface area contributed by atoms with Crippen LogP contribution in [0, 0.1) is 6.92 Å². The molecule has 4 heteroatoms. The molecule has 0 saturated carbocycles. The lowest BCUT2D eigenvalue weighted by atomic mass is 10.1. The zero-order valence-corrected chi connectivity index (χ0v) is 12.2. The van der Waals surface area contributed by atoms with E-state index in [1.165, 1.54) is 7.11 Å². The minimum Gasteiger partial charge on any atom is -0.465 e. The molecule has 0 bridgehead atoms. The van der Waals surface area contributed by atoms with Crippen molar-refractivity contribution in [3.63, 3.8) is 0 Å². The second kappa shape index (κ2) is 6.05. The van der Waals surface area contributed by atoms with E-state index in [9.17, 15) is 4.79 Å². The second-order valence-electron chi connectivity index (χ2n) is 4.07. The van der Waals surface area contributed by atoms with Gasteiger partial charge in [-0.15, -0.1) is 0 Å². The van der Waals surface area contributed by atoms with Crippen LogP contribution in [0.2, 0.25) is 0 Å². The number of methoxy groups -OCH3 is 1. The number of carbonyl (C=O) groups is 1. The Hall–Kier alpha value is -1.03. The highest BCUT2D eigenvalue weighted by atomic mass is 79.9. The average molecular weight is 300 g/mol. The number of ether oxygens (including phenoxy) is 1. The number of carbonyl (C=O) groups excluding carboxylic acids is 1. The van der Waals surface area contributed by atoms with Gasteiger partial charge >= 0.3 is 5.97 Å². The number of halogens is 1. The molecule has 1 aromatic rings. The summed E-state index contributed by atoms with van der Waals surface area (Å²) >= 11 is 3.41. The van der Waals surface area contributed by atoms with Gasteiger partial charge in [-0.3, -0.25) is 0 Å². The number of rotatable bonds is 4. The number of nitrogens with one attached hydrogen (secondary N) is 1. The van der Waals surface area contributed by atoms with Gasteiger partial charge in [-0.2, -0.15) is 0 Å². The molecule has 0 saturated heterocycles. The Morgan fingerprint density at radius 2 is 2.18 bits per heavy atom. The Bertz CT molecular complexity index is 418.